The lowest BCUT2D eigenvalue weighted by molar-refractivity contribution is 0.657. The summed E-state index contributed by atoms with van der Waals surface area (Å²) in [5.41, 5.74) is 17.4. The highest BCUT2D eigenvalue weighted by atomic mass is 16.4. The monoisotopic (exact) mass is 843 g/mol. The van der Waals surface area contributed by atoms with E-state index in [1.165, 1.54) is 0 Å². The molecule has 5 heteroatoms. The smallest absolute Gasteiger partial charge is 0.147 e. The second-order valence-corrected chi connectivity index (χ2v) is 17.0. The predicted octanol–water partition coefficient (Wildman–Crippen LogP) is 17.5. The minimum Gasteiger partial charge on any atom is -0.455 e. The van der Waals surface area contributed by atoms with Crippen LogP contribution in [0.25, 0.3) is 143 Å². The van der Waals surface area contributed by atoms with Crippen molar-refractivity contribution < 1.29 is 17.7 Å². The van der Waals surface area contributed by atoms with Crippen molar-refractivity contribution in [2.45, 2.75) is 0 Å². The van der Waals surface area contributed by atoms with Gasteiger partial charge in [0.2, 0.25) is 0 Å². The van der Waals surface area contributed by atoms with Crippen molar-refractivity contribution in [2.75, 3.05) is 0 Å². The summed E-state index contributed by atoms with van der Waals surface area (Å²) in [7, 11) is 0. The molecule has 0 spiro atoms. The van der Waals surface area contributed by atoms with Crippen molar-refractivity contribution >= 4 is 87.8 Å². The van der Waals surface area contributed by atoms with Crippen molar-refractivity contribution in [1.29, 1.82) is 5.26 Å². The van der Waals surface area contributed by atoms with Crippen LogP contribution in [-0.2, 0) is 0 Å². The zero-order chi connectivity index (χ0) is 43.5. The van der Waals surface area contributed by atoms with Gasteiger partial charge in [-0.05, 0) is 111 Å². The Labute approximate surface area is 376 Å². The molecule has 0 aliphatic carbocycles. The zero-order valence-corrected chi connectivity index (χ0v) is 35.1. The van der Waals surface area contributed by atoms with Gasteiger partial charge in [0.15, 0.2) is 0 Å². The van der Waals surface area contributed by atoms with Crippen LogP contribution in [0.15, 0.2) is 218 Å². The number of nitrogens with zero attached hydrogens (tertiary/aromatic N) is 1. The third kappa shape index (κ3) is 5.46. The van der Waals surface area contributed by atoms with Crippen LogP contribution >= 0.6 is 0 Å². The Kier molecular flexibility index (Phi) is 7.69. The summed E-state index contributed by atoms with van der Waals surface area (Å²) in [5.74, 6) is 0. The molecule has 0 saturated heterocycles. The van der Waals surface area contributed by atoms with Crippen LogP contribution in [0.2, 0.25) is 0 Å². The first kappa shape index (κ1) is 36.4. The summed E-state index contributed by atoms with van der Waals surface area (Å²) in [4.78, 5) is 0. The van der Waals surface area contributed by atoms with E-state index in [0.29, 0.717) is 5.56 Å². The van der Waals surface area contributed by atoms with Crippen LogP contribution in [0, 0.1) is 11.3 Å². The average molecular weight is 844 g/mol. The van der Waals surface area contributed by atoms with Gasteiger partial charge in [-0.3, -0.25) is 0 Å². The standard InChI is InChI=1S/C61H33NO4/c62-34-35-17-19-36(20-18-35)41-29-42(37-21-25-39(26-22-37)56-58-48(44-9-1-5-13-52(44)63-58)32-49-45-10-2-6-14-53(45)64-59(49)56)31-43(30-41)38-23-27-40(28-24-38)57-60-50(46-11-3-7-15-54(46)65-60)33-51-47-12-4-8-16-55(47)66-61(51)57/h1-33H. The van der Waals surface area contributed by atoms with Gasteiger partial charge in [-0.2, -0.15) is 5.26 Å². The van der Waals surface area contributed by atoms with E-state index in [0.717, 1.165) is 143 Å². The molecule has 4 heterocycles. The van der Waals surface area contributed by atoms with Gasteiger partial charge >= 0.3 is 0 Å². The Hall–Kier alpha value is -9.11. The quantitative estimate of drug-likeness (QED) is 0.172. The third-order valence-electron chi connectivity index (χ3n) is 13.3. The van der Waals surface area contributed by atoms with Gasteiger partial charge < -0.3 is 17.7 Å². The van der Waals surface area contributed by atoms with Crippen LogP contribution in [0.4, 0.5) is 0 Å². The Bertz CT molecular complexity index is 3900. The Balaban J connectivity index is 0.914. The highest BCUT2D eigenvalue weighted by molar-refractivity contribution is 6.23. The van der Waals surface area contributed by atoms with E-state index in [9.17, 15) is 5.26 Å². The molecular formula is C61H33NO4. The Morgan fingerprint density at radius 2 is 0.530 bits per heavy atom. The molecule has 0 saturated carbocycles. The topological polar surface area (TPSA) is 76.3 Å². The summed E-state index contributed by atoms with van der Waals surface area (Å²) in [6.45, 7) is 0. The van der Waals surface area contributed by atoms with Crippen LogP contribution < -0.4 is 0 Å². The first-order valence-electron chi connectivity index (χ1n) is 22.0. The van der Waals surface area contributed by atoms with Gasteiger partial charge in [0, 0.05) is 43.1 Å². The maximum atomic E-state index is 9.60. The fourth-order valence-corrected chi connectivity index (χ4v) is 10.1. The number of fused-ring (bicyclic) bond motifs is 12. The van der Waals surface area contributed by atoms with E-state index in [-0.39, 0.29) is 0 Å². The first-order chi connectivity index (χ1) is 32.6. The predicted molar refractivity (Wildman–Crippen MR) is 267 cm³/mol. The fourth-order valence-electron chi connectivity index (χ4n) is 10.1. The normalized spacial score (nSPS) is 11.9. The largest absolute Gasteiger partial charge is 0.455 e. The van der Waals surface area contributed by atoms with Crippen molar-refractivity contribution in [3.8, 4) is 61.7 Å². The molecule has 0 atom stereocenters. The first-order valence-corrected chi connectivity index (χ1v) is 22.0. The Morgan fingerprint density at radius 1 is 0.258 bits per heavy atom. The fraction of sp³-hybridized carbons (Fsp3) is 0. The molecule has 0 aliphatic rings. The lowest BCUT2D eigenvalue weighted by Gasteiger charge is -2.13. The number of hydrogen-bond acceptors (Lipinski definition) is 5. The van der Waals surface area contributed by atoms with Crippen molar-refractivity contribution in [2.24, 2.45) is 0 Å². The summed E-state index contributed by atoms with van der Waals surface area (Å²) in [5, 5.41) is 18.1. The number of rotatable bonds is 5. The summed E-state index contributed by atoms with van der Waals surface area (Å²) < 4.78 is 26.5. The number of benzene rings is 10. The van der Waals surface area contributed by atoms with Crippen molar-refractivity contribution in [3.63, 3.8) is 0 Å². The molecule has 4 aromatic heterocycles. The molecule has 0 N–H and O–H groups in total. The van der Waals surface area contributed by atoms with E-state index in [1.54, 1.807) is 0 Å². The molecule has 0 unspecified atom stereocenters. The zero-order valence-electron chi connectivity index (χ0n) is 35.1. The number of nitriles is 1. The molecule has 0 fully saturated rings. The molecule has 0 aliphatic heterocycles. The second kappa shape index (κ2) is 13.9. The number of furan rings is 4. The minimum absolute atomic E-state index is 0.623. The van der Waals surface area contributed by atoms with Crippen LogP contribution in [0.3, 0.4) is 0 Å². The molecular weight excluding hydrogens is 811 g/mol. The van der Waals surface area contributed by atoms with E-state index in [2.05, 4.69) is 133 Å². The molecule has 14 aromatic rings. The molecule has 66 heavy (non-hydrogen) atoms. The summed E-state index contributed by atoms with van der Waals surface area (Å²) in [6.07, 6.45) is 0. The minimum atomic E-state index is 0.623. The summed E-state index contributed by atoms with van der Waals surface area (Å²) >= 11 is 0. The van der Waals surface area contributed by atoms with E-state index in [1.807, 2.05) is 72.8 Å². The van der Waals surface area contributed by atoms with E-state index < -0.39 is 0 Å². The van der Waals surface area contributed by atoms with Gasteiger partial charge in [0.1, 0.15) is 44.7 Å². The molecule has 0 bridgehead atoms. The number of para-hydroxylation sites is 4. The lowest BCUT2D eigenvalue weighted by Crippen LogP contribution is -1.88. The summed E-state index contributed by atoms with van der Waals surface area (Å²) in [6, 6.07) is 71.4. The molecule has 0 amide bonds. The lowest BCUT2D eigenvalue weighted by atomic mass is 9.91. The molecule has 10 aromatic carbocycles. The van der Waals surface area contributed by atoms with Crippen LogP contribution in [0.1, 0.15) is 5.56 Å². The van der Waals surface area contributed by atoms with E-state index in [4.69, 9.17) is 17.7 Å². The van der Waals surface area contributed by atoms with E-state index >= 15 is 0 Å². The highest BCUT2D eigenvalue weighted by Crippen LogP contribution is 2.47. The average Bonchev–Trinajstić information content (AvgIpc) is 4.15. The molecule has 5 nitrogen and oxygen atoms in total. The second-order valence-electron chi connectivity index (χ2n) is 17.0. The maximum absolute atomic E-state index is 9.60. The van der Waals surface area contributed by atoms with Crippen molar-refractivity contribution in [1.82, 2.24) is 0 Å². The van der Waals surface area contributed by atoms with Crippen LogP contribution in [-0.4, -0.2) is 0 Å². The van der Waals surface area contributed by atoms with Gasteiger partial charge in [0.05, 0.1) is 22.8 Å². The molecule has 0 radical (unpaired) electrons. The molecule has 306 valence electrons. The Morgan fingerprint density at radius 3 is 0.833 bits per heavy atom. The van der Waals surface area contributed by atoms with Gasteiger partial charge in [-0.25, -0.2) is 0 Å². The SMILES string of the molecule is N#Cc1ccc(-c2cc(-c3ccc(-c4c5oc6ccccc6c5cc5c4oc4ccccc45)cc3)cc(-c3ccc(-c4c5oc6ccccc6c5cc5c4oc4ccccc45)cc3)c2)cc1. The number of hydrogen-bond donors (Lipinski definition) is 0. The van der Waals surface area contributed by atoms with Gasteiger partial charge in [-0.1, -0.05) is 133 Å². The van der Waals surface area contributed by atoms with Crippen LogP contribution in [0.5, 0.6) is 0 Å². The highest BCUT2D eigenvalue weighted by Gasteiger charge is 2.23. The van der Waals surface area contributed by atoms with Gasteiger partial charge in [0.25, 0.3) is 0 Å². The van der Waals surface area contributed by atoms with Crippen molar-refractivity contribution in [3.05, 3.63) is 206 Å². The molecule has 14 rings (SSSR count). The van der Waals surface area contributed by atoms with Gasteiger partial charge in [-0.15, -0.1) is 0 Å². The maximum Gasteiger partial charge on any atom is 0.147 e. The third-order valence-corrected chi connectivity index (χ3v) is 13.3.